The van der Waals surface area contributed by atoms with E-state index in [-0.39, 0.29) is 10.8 Å². The molecule has 0 aliphatic carbocycles. The molecule has 2 aromatic rings. The fraction of sp³-hybridized carbons (Fsp3) is 0.154. The number of aromatic nitrogens is 1. The minimum Gasteiger partial charge on any atom is -0.423 e. The molecule has 0 saturated heterocycles. The molecule has 0 saturated carbocycles. The number of nitrogens with zero attached hydrogens (tertiary/aromatic N) is 1. The first-order chi connectivity index (χ1) is 9.56. The van der Waals surface area contributed by atoms with Gasteiger partial charge in [0.2, 0.25) is 0 Å². The molecule has 0 unspecified atom stereocenters. The zero-order valence-corrected chi connectivity index (χ0v) is 11.4. The second kappa shape index (κ2) is 5.01. The van der Waals surface area contributed by atoms with Crippen molar-refractivity contribution in [2.45, 2.75) is 17.4 Å². The van der Waals surface area contributed by atoms with Gasteiger partial charge in [-0.15, -0.1) is 0 Å². The summed E-state index contributed by atoms with van der Waals surface area (Å²) in [5.41, 5.74) is 2.13. The van der Waals surface area contributed by atoms with Crippen LogP contribution in [0, 0.1) is 0 Å². The largest absolute Gasteiger partial charge is 0.491 e. The van der Waals surface area contributed by atoms with Gasteiger partial charge in [0.1, 0.15) is 0 Å². The van der Waals surface area contributed by atoms with E-state index >= 15 is 0 Å². The molecule has 0 bridgehead atoms. The van der Waals surface area contributed by atoms with Crippen LogP contribution in [0.3, 0.4) is 0 Å². The van der Waals surface area contributed by atoms with Crippen LogP contribution in [0.2, 0.25) is 0 Å². The smallest absolute Gasteiger partial charge is 0.423 e. The van der Waals surface area contributed by atoms with Crippen LogP contribution in [-0.2, 0) is 26.9 Å². The van der Waals surface area contributed by atoms with Gasteiger partial charge in [0, 0.05) is 6.20 Å². The number of fused-ring (bicyclic) bond motifs is 1. The van der Waals surface area contributed by atoms with E-state index in [1.165, 1.54) is 12.3 Å². The maximum absolute atomic E-state index is 12.2. The molecule has 102 valence electrons. The van der Waals surface area contributed by atoms with Crippen molar-refractivity contribution in [3.63, 3.8) is 0 Å². The van der Waals surface area contributed by atoms with Gasteiger partial charge >= 0.3 is 7.12 Å². The molecule has 2 heterocycles. The van der Waals surface area contributed by atoms with E-state index in [9.17, 15) is 13.4 Å². The van der Waals surface area contributed by atoms with Crippen molar-refractivity contribution in [3.05, 3.63) is 53.7 Å². The molecule has 0 spiro atoms. The molecule has 1 aromatic carbocycles. The van der Waals surface area contributed by atoms with E-state index in [0.717, 1.165) is 5.56 Å². The van der Waals surface area contributed by atoms with Crippen molar-refractivity contribution >= 4 is 22.4 Å². The van der Waals surface area contributed by atoms with Crippen molar-refractivity contribution < 1.29 is 18.1 Å². The van der Waals surface area contributed by atoms with Gasteiger partial charge in [0.25, 0.3) is 0 Å². The van der Waals surface area contributed by atoms with Gasteiger partial charge < -0.3 is 9.68 Å². The van der Waals surface area contributed by atoms with E-state index in [0.29, 0.717) is 17.6 Å². The van der Waals surface area contributed by atoms with Gasteiger partial charge in [0.05, 0.1) is 12.4 Å². The molecule has 20 heavy (non-hydrogen) atoms. The molecule has 0 atom stereocenters. The highest BCUT2D eigenvalue weighted by Crippen LogP contribution is 2.16. The minimum atomic E-state index is -3.48. The van der Waals surface area contributed by atoms with Gasteiger partial charge in [-0.05, 0) is 28.7 Å². The minimum absolute atomic E-state index is 0.0531. The molecule has 1 aliphatic heterocycles. The predicted octanol–water partition coefficient (Wildman–Crippen LogP) is 0.273. The van der Waals surface area contributed by atoms with E-state index in [2.05, 4.69) is 4.98 Å². The summed E-state index contributed by atoms with van der Waals surface area (Å²) in [5.74, 6) is -0.149. The van der Waals surface area contributed by atoms with E-state index in [4.69, 9.17) is 4.65 Å². The third-order valence-electron chi connectivity index (χ3n) is 3.19. The van der Waals surface area contributed by atoms with Gasteiger partial charge in [-0.2, -0.15) is 0 Å². The average molecular weight is 289 g/mol. The molecule has 7 heteroatoms. The molecule has 1 N–H and O–H groups in total. The third-order valence-corrected chi connectivity index (χ3v) is 4.78. The Hall–Kier alpha value is -1.70. The van der Waals surface area contributed by atoms with Crippen molar-refractivity contribution in [2.24, 2.45) is 0 Å². The van der Waals surface area contributed by atoms with Crippen LogP contribution in [0.1, 0.15) is 11.1 Å². The highest BCUT2D eigenvalue weighted by molar-refractivity contribution is 7.90. The number of rotatable bonds is 3. The Kier molecular flexibility index (Phi) is 3.33. The topological polar surface area (TPSA) is 76.5 Å². The Morgan fingerprint density at radius 2 is 2.15 bits per heavy atom. The molecule has 5 nitrogen and oxygen atoms in total. The molecule has 3 rings (SSSR count). The summed E-state index contributed by atoms with van der Waals surface area (Å²) in [6, 6.07) is 9.98. The van der Waals surface area contributed by atoms with E-state index in [1.807, 2.05) is 0 Å². The van der Waals surface area contributed by atoms with Crippen LogP contribution < -0.4 is 5.46 Å². The summed E-state index contributed by atoms with van der Waals surface area (Å²) >= 11 is 0. The SMILES string of the molecule is O=S(=O)(Cc1ccc2c(c1)B(O)OC2)c1ccccn1. The lowest BCUT2D eigenvalue weighted by atomic mass is 9.79. The van der Waals surface area contributed by atoms with E-state index in [1.54, 1.807) is 30.3 Å². The standard InChI is InChI=1S/C13H12BNO4S/c16-14-12-7-10(4-5-11(12)8-19-14)9-20(17,18)13-3-1-2-6-15-13/h1-7,16H,8-9H2. The fourth-order valence-corrected chi connectivity index (χ4v) is 3.45. The van der Waals surface area contributed by atoms with E-state index < -0.39 is 17.0 Å². The summed E-state index contributed by atoms with van der Waals surface area (Å²) in [6.45, 7) is 0.351. The lowest BCUT2D eigenvalue weighted by Gasteiger charge is -2.06. The summed E-state index contributed by atoms with van der Waals surface area (Å²) < 4.78 is 29.5. The monoisotopic (exact) mass is 289 g/mol. The van der Waals surface area contributed by atoms with Crippen LogP contribution in [-0.4, -0.2) is 25.5 Å². The molecule has 0 fully saturated rings. The Bertz CT molecular complexity index is 733. The number of hydrogen-bond acceptors (Lipinski definition) is 5. The molecule has 0 radical (unpaired) electrons. The first-order valence-corrected chi connectivity index (χ1v) is 7.77. The van der Waals surface area contributed by atoms with Crippen LogP contribution in [0.4, 0.5) is 0 Å². The quantitative estimate of drug-likeness (QED) is 0.821. The lowest BCUT2D eigenvalue weighted by Crippen LogP contribution is -2.28. The van der Waals surface area contributed by atoms with Crippen LogP contribution in [0.5, 0.6) is 0 Å². The normalized spacial score (nSPS) is 14.3. The maximum atomic E-state index is 12.2. The highest BCUT2D eigenvalue weighted by atomic mass is 32.2. The molecule has 1 aromatic heterocycles. The number of benzene rings is 1. The van der Waals surface area contributed by atoms with Crippen molar-refractivity contribution in [3.8, 4) is 0 Å². The summed E-state index contributed by atoms with van der Waals surface area (Å²) in [7, 11) is -4.45. The summed E-state index contributed by atoms with van der Waals surface area (Å²) in [6.07, 6.45) is 1.45. The van der Waals surface area contributed by atoms with Gasteiger partial charge in [0.15, 0.2) is 14.9 Å². The molecular weight excluding hydrogens is 277 g/mol. The van der Waals surface area contributed by atoms with Crippen LogP contribution in [0.15, 0.2) is 47.6 Å². The first kappa shape index (κ1) is 13.3. The first-order valence-electron chi connectivity index (χ1n) is 6.11. The van der Waals surface area contributed by atoms with Crippen LogP contribution >= 0.6 is 0 Å². The Morgan fingerprint density at radius 3 is 2.90 bits per heavy atom. The van der Waals surface area contributed by atoms with Crippen molar-refractivity contribution in [2.75, 3.05) is 0 Å². The Labute approximate surface area is 117 Å². The van der Waals surface area contributed by atoms with Crippen LogP contribution in [0.25, 0.3) is 0 Å². The van der Waals surface area contributed by atoms with Crippen molar-refractivity contribution in [1.29, 1.82) is 0 Å². The second-order valence-electron chi connectivity index (χ2n) is 4.62. The van der Waals surface area contributed by atoms with Gasteiger partial charge in [-0.25, -0.2) is 13.4 Å². The number of pyridine rings is 1. The van der Waals surface area contributed by atoms with Gasteiger partial charge in [-0.3, -0.25) is 0 Å². The summed E-state index contributed by atoms with van der Waals surface area (Å²) in [5, 5.41) is 9.69. The molecular formula is C13H12BNO4S. The molecule has 0 amide bonds. The summed E-state index contributed by atoms with van der Waals surface area (Å²) in [4.78, 5) is 3.87. The average Bonchev–Trinajstić information content (AvgIpc) is 2.81. The predicted molar refractivity (Wildman–Crippen MR) is 74.0 cm³/mol. The highest BCUT2D eigenvalue weighted by Gasteiger charge is 2.28. The Balaban J connectivity index is 1.91. The lowest BCUT2D eigenvalue weighted by molar-refractivity contribution is 0.275. The zero-order valence-electron chi connectivity index (χ0n) is 10.6. The second-order valence-corrected chi connectivity index (χ2v) is 6.56. The maximum Gasteiger partial charge on any atom is 0.491 e. The number of sulfone groups is 1. The zero-order chi connectivity index (χ0) is 14.2. The Morgan fingerprint density at radius 1 is 1.30 bits per heavy atom. The molecule has 1 aliphatic rings. The van der Waals surface area contributed by atoms with Crippen molar-refractivity contribution in [1.82, 2.24) is 4.98 Å². The fourth-order valence-electron chi connectivity index (χ4n) is 2.18. The number of hydrogen-bond donors (Lipinski definition) is 1. The van der Waals surface area contributed by atoms with Gasteiger partial charge in [-0.1, -0.05) is 24.3 Å². The third kappa shape index (κ3) is 2.47.